The summed E-state index contributed by atoms with van der Waals surface area (Å²) in [5, 5.41) is 13.3. The van der Waals surface area contributed by atoms with Crippen LogP contribution >= 0.6 is 0 Å². The van der Waals surface area contributed by atoms with E-state index in [0.29, 0.717) is 23.4 Å². The number of aliphatic hydroxyl groups is 1. The molecule has 3 rings (SSSR count). The van der Waals surface area contributed by atoms with E-state index < -0.39 is 0 Å². The molecule has 2 heterocycles. The summed E-state index contributed by atoms with van der Waals surface area (Å²) in [6, 6.07) is 7.47. The van der Waals surface area contributed by atoms with Crippen molar-refractivity contribution in [3.8, 4) is 5.69 Å². The number of nitrogens with zero attached hydrogens (tertiary/aromatic N) is 3. The monoisotopic (exact) mass is 385 g/mol. The number of hydrogen-bond donors (Lipinski definition) is 1. The molecule has 1 amide bonds. The van der Waals surface area contributed by atoms with Gasteiger partial charge >= 0.3 is 5.97 Å². The first-order valence-electron chi connectivity index (χ1n) is 9.80. The van der Waals surface area contributed by atoms with Gasteiger partial charge in [0.05, 0.1) is 24.2 Å². The Morgan fingerprint density at radius 1 is 1.29 bits per heavy atom. The van der Waals surface area contributed by atoms with E-state index in [1.165, 1.54) is 6.20 Å². The minimum atomic E-state index is -0.388. The van der Waals surface area contributed by atoms with Gasteiger partial charge in [-0.25, -0.2) is 9.48 Å². The predicted octanol–water partition coefficient (Wildman–Crippen LogP) is 2.73. The number of carbonyl (C=O) groups excluding carboxylic acids is 2. The third-order valence-electron chi connectivity index (χ3n) is 5.20. The fourth-order valence-electron chi connectivity index (χ4n) is 3.72. The maximum atomic E-state index is 12.9. The zero-order valence-corrected chi connectivity index (χ0v) is 16.4. The van der Waals surface area contributed by atoms with E-state index in [0.717, 1.165) is 37.9 Å². The summed E-state index contributed by atoms with van der Waals surface area (Å²) in [4.78, 5) is 26.8. The molecule has 0 bridgehead atoms. The van der Waals surface area contributed by atoms with Crippen LogP contribution in [0.15, 0.2) is 30.5 Å². The van der Waals surface area contributed by atoms with Gasteiger partial charge in [-0.1, -0.05) is 0 Å². The second-order valence-corrected chi connectivity index (χ2v) is 6.98. The molecule has 0 radical (unpaired) electrons. The van der Waals surface area contributed by atoms with Gasteiger partial charge in [-0.3, -0.25) is 4.79 Å². The minimum Gasteiger partial charge on any atom is -0.462 e. The largest absolute Gasteiger partial charge is 0.462 e. The quantitative estimate of drug-likeness (QED) is 0.741. The van der Waals surface area contributed by atoms with Crippen LogP contribution in [-0.2, 0) is 4.74 Å². The zero-order chi connectivity index (χ0) is 20.1. The molecule has 7 heteroatoms. The van der Waals surface area contributed by atoms with Crippen LogP contribution in [0.2, 0.25) is 0 Å². The molecule has 7 nitrogen and oxygen atoms in total. The standard InChI is InChI=1S/C21H27N3O4/c1-3-28-21(27)19-14-22-24(15(19)2)18-10-8-16(9-11-18)20(26)23-12-4-6-17(23)7-5-13-25/h8-11,14,17,25H,3-7,12-13H2,1-2H3/t17-/m0/s1. The topological polar surface area (TPSA) is 84.7 Å². The lowest BCUT2D eigenvalue weighted by Gasteiger charge is -2.24. The average Bonchev–Trinajstić information content (AvgIpc) is 3.32. The molecule has 1 fully saturated rings. The number of likely N-dealkylation sites (tertiary alicyclic amines) is 1. The summed E-state index contributed by atoms with van der Waals surface area (Å²) < 4.78 is 6.71. The molecule has 1 atom stereocenters. The van der Waals surface area contributed by atoms with Crippen molar-refractivity contribution in [1.82, 2.24) is 14.7 Å². The molecule has 1 aliphatic rings. The van der Waals surface area contributed by atoms with E-state index in [4.69, 9.17) is 9.84 Å². The van der Waals surface area contributed by atoms with Crippen molar-refractivity contribution in [2.45, 2.75) is 45.6 Å². The van der Waals surface area contributed by atoms with Crippen LogP contribution in [0, 0.1) is 6.92 Å². The molecule has 0 spiro atoms. The van der Waals surface area contributed by atoms with Crippen molar-refractivity contribution in [2.24, 2.45) is 0 Å². The average molecular weight is 385 g/mol. The molecular formula is C21H27N3O4. The number of rotatable bonds is 7. The van der Waals surface area contributed by atoms with Gasteiger partial charge < -0.3 is 14.7 Å². The predicted molar refractivity (Wildman–Crippen MR) is 105 cm³/mol. The first-order chi connectivity index (χ1) is 13.6. The highest BCUT2D eigenvalue weighted by molar-refractivity contribution is 5.95. The maximum Gasteiger partial charge on any atom is 0.341 e. The minimum absolute atomic E-state index is 0.0244. The van der Waals surface area contributed by atoms with Crippen molar-refractivity contribution in [2.75, 3.05) is 19.8 Å². The molecule has 1 aromatic carbocycles. The molecule has 1 aliphatic heterocycles. The molecule has 1 N–H and O–H groups in total. The fraction of sp³-hybridized carbons (Fsp3) is 0.476. The van der Waals surface area contributed by atoms with Gasteiger partial charge in [0.1, 0.15) is 5.56 Å². The second kappa shape index (κ2) is 9.01. The van der Waals surface area contributed by atoms with Gasteiger partial charge in [0.15, 0.2) is 0 Å². The first kappa shape index (κ1) is 20.1. The summed E-state index contributed by atoms with van der Waals surface area (Å²) in [5.74, 6) is -0.364. The smallest absolute Gasteiger partial charge is 0.341 e. The fourth-order valence-corrected chi connectivity index (χ4v) is 3.72. The molecule has 150 valence electrons. The highest BCUT2D eigenvalue weighted by Gasteiger charge is 2.28. The van der Waals surface area contributed by atoms with Crippen LogP contribution < -0.4 is 0 Å². The van der Waals surface area contributed by atoms with Gasteiger partial charge in [-0.2, -0.15) is 5.10 Å². The molecule has 0 saturated carbocycles. The van der Waals surface area contributed by atoms with Crippen molar-refractivity contribution in [3.63, 3.8) is 0 Å². The molecule has 1 aromatic heterocycles. The lowest BCUT2D eigenvalue weighted by molar-refractivity contribution is 0.0525. The van der Waals surface area contributed by atoms with E-state index >= 15 is 0 Å². The third-order valence-corrected chi connectivity index (χ3v) is 5.20. The van der Waals surface area contributed by atoms with Gasteiger partial charge in [0.2, 0.25) is 0 Å². The highest BCUT2D eigenvalue weighted by atomic mass is 16.5. The Morgan fingerprint density at radius 3 is 2.71 bits per heavy atom. The van der Waals surface area contributed by atoms with Crippen LogP contribution in [0.25, 0.3) is 5.69 Å². The van der Waals surface area contributed by atoms with E-state index in [1.807, 2.05) is 24.0 Å². The van der Waals surface area contributed by atoms with Crippen LogP contribution in [-0.4, -0.2) is 57.5 Å². The van der Waals surface area contributed by atoms with E-state index in [9.17, 15) is 9.59 Å². The Labute approximate surface area is 164 Å². The Kier molecular flexibility index (Phi) is 6.46. The van der Waals surface area contributed by atoms with Gasteiger partial charge in [-0.05, 0) is 63.8 Å². The van der Waals surface area contributed by atoms with Crippen LogP contribution in [0.4, 0.5) is 0 Å². The molecule has 0 aliphatic carbocycles. The van der Waals surface area contributed by atoms with Crippen LogP contribution in [0.5, 0.6) is 0 Å². The number of esters is 1. The Morgan fingerprint density at radius 2 is 2.04 bits per heavy atom. The van der Waals surface area contributed by atoms with Crippen molar-refractivity contribution in [3.05, 3.63) is 47.3 Å². The Hall–Kier alpha value is -2.67. The summed E-state index contributed by atoms with van der Waals surface area (Å²) in [6.07, 6.45) is 5.05. The molecule has 28 heavy (non-hydrogen) atoms. The normalized spacial score (nSPS) is 16.4. The first-order valence-corrected chi connectivity index (χ1v) is 9.80. The number of carbonyl (C=O) groups is 2. The van der Waals surface area contributed by atoms with Crippen molar-refractivity contribution in [1.29, 1.82) is 0 Å². The summed E-state index contributed by atoms with van der Waals surface area (Å²) in [7, 11) is 0. The SMILES string of the molecule is CCOC(=O)c1cnn(-c2ccc(C(=O)N3CCC[C@H]3CCCO)cc2)c1C. The Balaban J connectivity index is 1.75. The van der Waals surface area contributed by atoms with Gasteiger partial charge in [0.25, 0.3) is 5.91 Å². The number of aromatic nitrogens is 2. The van der Waals surface area contributed by atoms with Crippen LogP contribution in [0.1, 0.15) is 59.0 Å². The second-order valence-electron chi connectivity index (χ2n) is 6.98. The number of hydrogen-bond acceptors (Lipinski definition) is 5. The maximum absolute atomic E-state index is 12.9. The highest BCUT2D eigenvalue weighted by Crippen LogP contribution is 2.24. The summed E-state index contributed by atoms with van der Waals surface area (Å²) >= 11 is 0. The van der Waals surface area contributed by atoms with Crippen molar-refractivity contribution < 1.29 is 19.4 Å². The summed E-state index contributed by atoms with van der Waals surface area (Å²) in [6.45, 7) is 4.81. The van der Waals surface area contributed by atoms with Gasteiger partial charge in [0, 0.05) is 24.8 Å². The van der Waals surface area contributed by atoms with Crippen molar-refractivity contribution >= 4 is 11.9 Å². The van der Waals surface area contributed by atoms with Crippen LogP contribution in [0.3, 0.4) is 0 Å². The number of amides is 1. The third kappa shape index (κ3) is 4.09. The summed E-state index contributed by atoms with van der Waals surface area (Å²) in [5.41, 5.74) is 2.55. The number of benzene rings is 1. The number of ether oxygens (including phenoxy) is 1. The zero-order valence-electron chi connectivity index (χ0n) is 16.4. The number of aliphatic hydroxyl groups excluding tert-OH is 1. The molecule has 0 unspecified atom stereocenters. The molecule has 1 saturated heterocycles. The van der Waals surface area contributed by atoms with Gasteiger partial charge in [-0.15, -0.1) is 0 Å². The lowest BCUT2D eigenvalue weighted by atomic mass is 10.1. The Bertz CT molecular complexity index is 829. The van der Waals surface area contributed by atoms with E-state index in [1.54, 1.807) is 23.7 Å². The van der Waals surface area contributed by atoms with E-state index in [2.05, 4.69) is 5.10 Å². The molecule has 2 aromatic rings. The lowest BCUT2D eigenvalue weighted by Crippen LogP contribution is -2.35. The molecular weight excluding hydrogens is 358 g/mol. The van der Waals surface area contributed by atoms with E-state index in [-0.39, 0.29) is 24.5 Å².